The smallest absolute Gasteiger partial charge is 0.383 e. The second kappa shape index (κ2) is 12.6. The molecule has 0 aliphatic carbocycles. The van der Waals surface area contributed by atoms with Crippen LogP contribution in [0.2, 0.25) is 0 Å². The van der Waals surface area contributed by atoms with Crippen LogP contribution in [0.25, 0.3) is 0 Å². The fourth-order valence-corrected chi connectivity index (χ4v) is 4.33. The van der Waals surface area contributed by atoms with Gasteiger partial charge in [0.15, 0.2) is 0 Å². The van der Waals surface area contributed by atoms with E-state index >= 15 is 0 Å². The first-order valence-electron chi connectivity index (χ1n) is 11.4. The van der Waals surface area contributed by atoms with Gasteiger partial charge < -0.3 is 14.5 Å². The van der Waals surface area contributed by atoms with Gasteiger partial charge in [0.2, 0.25) is 5.91 Å². The number of hydrogen-bond acceptors (Lipinski definition) is 4. The molecule has 0 saturated heterocycles. The third kappa shape index (κ3) is 8.52. The Morgan fingerprint density at radius 1 is 0.872 bits per heavy atom. The number of nitrogens with zero attached hydrogens (tertiary/aromatic N) is 2. The van der Waals surface area contributed by atoms with Gasteiger partial charge in [-0.1, -0.05) is 18.2 Å². The highest BCUT2D eigenvalue weighted by atomic mass is 32.1. The Kier molecular flexibility index (Phi) is 9.73. The van der Waals surface area contributed by atoms with Crippen molar-refractivity contribution in [2.45, 2.75) is 25.4 Å². The summed E-state index contributed by atoms with van der Waals surface area (Å²) in [7, 11) is 1.29. The van der Waals surface area contributed by atoms with E-state index in [-0.39, 0.29) is 32.3 Å². The van der Waals surface area contributed by atoms with Crippen molar-refractivity contribution in [2.75, 3.05) is 26.8 Å². The summed E-state index contributed by atoms with van der Waals surface area (Å²) in [5.41, 5.74) is -3.59. The average molecular weight is 577 g/mol. The molecule has 13 heteroatoms. The zero-order chi connectivity index (χ0) is 28.8. The predicted octanol–water partition coefficient (Wildman–Crippen LogP) is 6.24. The van der Waals surface area contributed by atoms with Crippen molar-refractivity contribution in [3.05, 3.63) is 92.9 Å². The molecule has 0 bridgehead atoms. The van der Waals surface area contributed by atoms with Gasteiger partial charge in [0, 0.05) is 30.6 Å². The number of methoxy groups -OCH3 is 1. The van der Waals surface area contributed by atoms with Gasteiger partial charge >= 0.3 is 12.4 Å². The molecule has 0 unspecified atom stereocenters. The number of alkyl halides is 6. The maximum atomic E-state index is 13.4. The van der Waals surface area contributed by atoms with Crippen molar-refractivity contribution in [3.63, 3.8) is 0 Å². The molecule has 0 aliphatic rings. The zero-order valence-electron chi connectivity index (χ0n) is 20.5. The molecular formula is C26H23F7N2O3S. The van der Waals surface area contributed by atoms with Gasteiger partial charge in [-0.05, 0) is 47.3 Å². The van der Waals surface area contributed by atoms with E-state index in [1.54, 1.807) is 17.5 Å². The number of carbonyl (C=O) groups is 2. The van der Waals surface area contributed by atoms with Crippen molar-refractivity contribution in [3.8, 4) is 0 Å². The molecule has 0 aliphatic heterocycles. The van der Waals surface area contributed by atoms with E-state index in [0.717, 1.165) is 9.78 Å². The van der Waals surface area contributed by atoms with Crippen LogP contribution >= 0.6 is 11.3 Å². The van der Waals surface area contributed by atoms with Crippen LogP contribution in [-0.2, 0) is 35.0 Å². The molecule has 39 heavy (non-hydrogen) atoms. The lowest BCUT2D eigenvalue weighted by Gasteiger charge is -2.28. The van der Waals surface area contributed by atoms with Crippen LogP contribution in [0.3, 0.4) is 0 Å². The summed E-state index contributed by atoms with van der Waals surface area (Å²) in [6, 6.07) is 9.47. The van der Waals surface area contributed by atoms with E-state index in [0.29, 0.717) is 17.7 Å². The summed E-state index contributed by atoms with van der Waals surface area (Å²) < 4.78 is 98.3. The second-order valence-electron chi connectivity index (χ2n) is 8.47. The highest BCUT2D eigenvalue weighted by Gasteiger charge is 2.38. The minimum atomic E-state index is -5.14. The van der Waals surface area contributed by atoms with Crippen LogP contribution in [0.15, 0.2) is 60.0 Å². The van der Waals surface area contributed by atoms with E-state index in [2.05, 4.69) is 0 Å². The number of carbonyl (C=O) groups excluding carboxylic acids is 2. The molecule has 3 rings (SSSR count). The van der Waals surface area contributed by atoms with E-state index in [1.807, 2.05) is 0 Å². The third-order valence-electron chi connectivity index (χ3n) is 5.58. The Labute approximate surface area is 223 Å². The molecule has 0 spiro atoms. The molecular weight excluding hydrogens is 553 g/mol. The minimum Gasteiger partial charge on any atom is -0.383 e. The summed E-state index contributed by atoms with van der Waals surface area (Å²) >= 11 is 1.36. The number of ether oxygens (including phenoxy) is 1. The monoisotopic (exact) mass is 576 g/mol. The Morgan fingerprint density at radius 2 is 1.49 bits per heavy atom. The third-order valence-corrected chi connectivity index (χ3v) is 6.44. The molecule has 3 aromatic rings. The Hall–Kier alpha value is -3.45. The lowest BCUT2D eigenvalue weighted by Crippen LogP contribution is -2.43. The molecule has 1 heterocycles. The van der Waals surface area contributed by atoms with Crippen LogP contribution in [0.1, 0.15) is 31.9 Å². The van der Waals surface area contributed by atoms with Crippen LogP contribution in [0.5, 0.6) is 0 Å². The maximum absolute atomic E-state index is 13.4. The van der Waals surface area contributed by atoms with E-state index in [4.69, 9.17) is 4.74 Å². The number of amides is 2. The summed E-state index contributed by atoms with van der Waals surface area (Å²) in [4.78, 5) is 29.6. The van der Waals surface area contributed by atoms with Crippen LogP contribution in [0, 0.1) is 5.82 Å². The zero-order valence-corrected chi connectivity index (χ0v) is 21.3. The number of thiophene rings is 1. The van der Waals surface area contributed by atoms with Gasteiger partial charge in [0.1, 0.15) is 12.4 Å². The normalized spacial score (nSPS) is 11.9. The number of benzene rings is 2. The van der Waals surface area contributed by atoms with E-state index < -0.39 is 53.2 Å². The van der Waals surface area contributed by atoms with Crippen molar-refractivity contribution < 1.29 is 45.1 Å². The summed E-state index contributed by atoms with van der Waals surface area (Å²) in [5.74, 6) is -2.31. The largest absolute Gasteiger partial charge is 0.416 e. The standard InChI is InChI=1S/C26H23F7N2O3S/c1-38-9-8-34(24(37)18-11-19(25(28,29)30)13-20(12-18)26(31,32)33)16-23(36)35(15-22-3-2-10-39-22)14-17-4-6-21(27)7-5-17/h2-7,10-13H,8-9,14-16H2,1H3. The summed E-state index contributed by atoms with van der Waals surface area (Å²) in [6.45, 7) is -0.922. The average Bonchev–Trinajstić information content (AvgIpc) is 3.38. The van der Waals surface area contributed by atoms with Gasteiger partial charge in [-0.2, -0.15) is 26.3 Å². The predicted molar refractivity (Wildman–Crippen MR) is 129 cm³/mol. The molecule has 0 atom stereocenters. The fourth-order valence-electron chi connectivity index (χ4n) is 3.61. The molecule has 210 valence electrons. The van der Waals surface area contributed by atoms with E-state index in [1.165, 1.54) is 47.6 Å². The number of halogens is 7. The first-order valence-corrected chi connectivity index (χ1v) is 12.3. The van der Waals surface area contributed by atoms with Crippen molar-refractivity contribution in [2.24, 2.45) is 0 Å². The van der Waals surface area contributed by atoms with Gasteiger partial charge in [0.25, 0.3) is 5.91 Å². The SMILES string of the molecule is COCCN(CC(=O)N(Cc1ccc(F)cc1)Cc1cccs1)C(=O)c1cc(C(F)(F)F)cc(C(F)(F)F)c1. The summed E-state index contributed by atoms with van der Waals surface area (Å²) in [6.07, 6.45) is -10.3. The van der Waals surface area contributed by atoms with Crippen LogP contribution < -0.4 is 0 Å². The van der Waals surface area contributed by atoms with Crippen molar-refractivity contribution in [1.82, 2.24) is 9.80 Å². The highest BCUT2D eigenvalue weighted by molar-refractivity contribution is 7.09. The quantitative estimate of drug-likeness (QED) is 0.269. The van der Waals surface area contributed by atoms with Gasteiger partial charge in [-0.15, -0.1) is 11.3 Å². The summed E-state index contributed by atoms with van der Waals surface area (Å²) in [5, 5.41) is 1.79. The molecule has 0 saturated carbocycles. The maximum Gasteiger partial charge on any atom is 0.416 e. The second-order valence-corrected chi connectivity index (χ2v) is 9.50. The fraction of sp³-hybridized carbons (Fsp3) is 0.308. The molecule has 0 fully saturated rings. The molecule has 2 aromatic carbocycles. The van der Waals surface area contributed by atoms with Crippen molar-refractivity contribution >= 4 is 23.2 Å². The van der Waals surface area contributed by atoms with Crippen LogP contribution in [-0.4, -0.2) is 48.4 Å². The Balaban J connectivity index is 1.92. The topological polar surface area (TPSA) is 49.9 Å². The minimum absolute atomic E-state index is 0.0190. The van der Waals surface area contributed by atoms with Crippen LogP contribution in [0.4, 0.5) is 30.7 Å². The number of hydrogen-bond donors (Lipinski definition) is 0. The molecule has 1 aromatic heterocycles. The Morgan fingerprint density at radius 3 is 2.00 bits per heavy atom. The van der Waals surface area contributed by atoms with Crippen molar-refractivity contribution in [1.29, 1.82) is 0 Å². The lowest BCUT2D eigenvalue weighted by molar-refractivity contribution is -0.143. The number of rotatable bonds is 10. The Bertz CT molecular complexity index is 1230. The first kappa shape index (κ1) is 30.1. The lowest BCUT2D eigenvalue weighted by atomic mass is 10.0. The molecule has 2 amide bonds. The van der Waals surface area contributed by atoms with Gasteiger partial charge in [0.05, 0.1) is 24.3 Å². The first-order chi connectivity index (χ1) is 18.3. The van der Waals surface area contributed by atoms with Gasteiger partial charge in [-0.3, -0.25) is 9.59 Å². The highest BCUT2D eigenvalue weighted by Crippen LogP contribution is 2.36. The molecule has 0 N–H and O–H groups in total. The molecule has 0 radical (unpaired) electrons. The van der Waals surface area contributed by atoms with Gasteiger partial charge in [-0.25, -0.2) is 4.39 Å². The van der Waals surface area contributed by atoms with E-state index in [9.17, 15) is 40.3 Å². The molecule has 5 nitrogen and oxygen atoms in total.